The highest BCUT2D eigenvalue weighted by Gasteiger charge is 2.08. The lowest BCUT2D eigenvalue weighted by molar-refractivity contribution is 0.100. The number of Topliss-reactive ketones (excluding diaryl/α,β-unsaturated/α-hetero) is 1. The summed E-state index contributed by atoms with van der Waals surface area (Å²) in [6.07, 6.45) is 0.00106. The fourth-order valence-electron chi connectivity index (χ4n) is 1.93. The summed E-state index contributed by atoms with van der Waals surface area (Å²) < 4.78 is 12.8. The summed E-state index contributed by atoms with van der Waals surface area (Å²) in [5, 5.41) is 0. The number of hydrogen-bond donors (Lipinski definition) is 1. The molecular weight excluding hydrogens is 281 g/mol. The Morgan fingerprint density at radius 1 is 1.09 bits per heavy atom. The second kappa shape index (κ2) is 6.85. The molecule has 0 aliphatic carbocycles. The average Bonchev–Trinajstić information content (AvgIpc) is 2.48. The first kappa shape index (κ1) is 15.7. The lowest BCUT2D eigenvalue weighted by Crippen LogP contribution is -2.16. The van der Waals surface area contributed by atoms with Crippen LogP contribution in [0, 0.1) is 5.82 Å². The Bertz CT molecular complexity index is 676. The number of nitrogens with zero attached hydrogens (tertiary/aromatic N) is 2. The zero-order valence-corrected chi connectivity index (χ0v) is 12.6. The van der Waals surface area contributed by atoms with Crippen LogP contribution in [0.4, 0.5) is 15.8 Å². The zero-order chi connectivity index (χ0) is 16.1. The summed E-state index contributed by atoms with van der Waals surface area (Å²) in [6, 6.07) is 12.9. The number of carbonyl (C=O) groups excluding carboxylic acids is 1. The van der Waals surface area contributed by atoms with Gasteiger partial charge in [0.1, 0.15) is 11.7 Å². The van der Waals surface area contributed by atoms with Gasteiger partial charge in [-0.15, -0.1) is 0 Å². The maximum Gasteiger partial charge on any atom is 0.170 e. The van der Waals surface area contributed by atoms with Crippen molar-refractivity contribution in [3.05, 3.63) is 59.9 Å². The first-order chi connectivity index (χ1) is 10.5. The second-order valence-electron chi connectivity index (χ2n) is 5.12. The van der Waals surface area contributed by atoms with Gasteiger partial charge in [-0.05, 0) is 48.5 Å². The van der Waals surface area contributed by atoms with Crippen molar-refractivity contribution < 1.29 is 9.18 Å². The van der Waals surface area contributed by atoms with Gasteiger partial charge in [0, 0.05) is 25.3 Å². The molecule has 0 spiro atoms. The SMILES string of the molecule is CN(C)c1ccc(N=C(N)CC(=O)c2ccc(F)cc2)cc1. The third kappa shape index (κ3) is 4.15. The van der Waals surface area contributed by atoms with Crippen LogP contribution in [0.25, 0.3) is 0 Å². The van der Waals surface area contributed by atoms with E-state index in [9.17, 15) is 9.18 Å². The van der Waals surface area contributed by atoms with Crippen molar-refractivity contribution in [2.45, 2.75) is 6.42 Å². The predicted molar refractivity (Wildman–Crippen MR) is 87.4 cm³/mol. The van der Waals surface area contributed by atoms with Crippen LogP contribution in [0.5, 0.6) is 0 Å². The van der Waals surface area contributed by atoms with Crippen molar-refractivity contribution in [3.8, 4) is 0 Å². The van der Waals surface area contributed by atoms with E-state index in [1.54, 1.807) is 0 Å². The predicted octanol–water partition coefficient (Wildman–Crippen LogP) is 3.15. The Hall–Kier alpha value is -2.69. The molecule has 0 radical (unpaired) electrons. The van der Waals surface area contributed by atoms with Gasteiger partial charge in [-0.3, -0.25) is 4.79 Å². The number of hydrogen-bond acceptors (Lipinski definition) is 3. The monoisotopic (exact) mass is 299 g/mol. The molecule has 0 unspecified atom stereocenters. The summed E-state index contributed by atoms with van der Waals surface area (Å²) in [7, 11) is 3.90. The molecule has 0 atom stereocenters. The van der Waals surface area contributed by atoms with Crippen LogP contribution >= 0.6 is 0 Å². The molecule has 2 rings (SSSR count). The Morgan fingerprint density at radius 3 is 2.23 bits per heavy atom. The minimum Gasteiger partial charge on any atom is -0.387 e. The van der Waals surface area contributed by atoms with E-state index < -0.39 is 0 Å². The number of halogens is 1. The van der Waals surface area contributed by atoms with Gasteiger partial charge >= 0.3 is 0 Å². The number of aliphatic imine (C=N–C) groups is 1. The molecule has 0 aliphatic heterocycles. The van der Waals surface area contributed by atoms with Gasteiger partial charge in [-0.2, -0.15) is 0 Å². The van der Waals surface area contributed by atoms with Gasteiger partial charge < -0.3 is 10.6 Å². The number of ketones is 1. The van der Waals surface area contributed by atoms with Crippen LogP contribution in [-0.4, -0.2) is 25.7 Å². The molecule has 0 fully saturated rings. The third-order valence-corrected chi connectivity index (χ3v) is 3.15. The molecule has 2 N–H and O–H groups in total. The number of nitrogens with two attached hydrogens (primary N) is 1. The molecule has 2 aromatic rings. The van der Waals surface area contributed by atoms with Crippen LogP contribution in [0.2, 0.25) is 0 Å². The zero-order valence-electron chi connectivity index (χ0n) is 12.6. The quantitative estimate of drug-likeness (QED) is 0.524. The summed E-state index contributed by atoms with van der Waals surface area (Å²) in [4.78, 5) is 18.2. The molecule has 0 saturated carbocycles. The lowest BCUT2D eigenvalue weighted by atomic mass is 10.1. The van der Waals surface area contributed by atoms with Gasteiger partial charge in [0.2, 0.25) is 0 Å². The van der Waals surface area contributed by atoms with E-state index in [-0.39, 0.29) is 23.9 Å². The van der Waals surface area contributed by atoms with Crippen LogP contribution in [-0.2, 0) is 0 Å². The number of amidine groups is 1. The topological polar surface area (TPSA) is 58.7 Å². The standard InChI is InChI=1S/C17H18FN3O/c1-21(2)15-9-7-14(8-10-15)20-17(19)11-16(22)12-3-5-13(18)6-4-12/h3-10H,11H2,1-2H3,(H2,19,20). The fraction of sp³-hybridized carbons (Fsp3) is 0.176. The lowest BCUT2D eigenvalue weighted by Gasteiger charge is -2.11. The van der Waals surface area contributed by atoms with Crippen molar-refractivity contribution in [3.63, 3.8) is 0 Å². The summed E-state index contributed by atoms with van der Waals surface area (Å²) in [5.74, 6) is -0.336. The highest BCUT2D eigenvalue weighted by atomic mass is 19.1. The highest BCUT2D eigenvalue weighted by molar-refractivity contribution is 6.09. The van der Waals surface area contributed by atoms with Gasteiger partial charge in [0.05, 0.1) is 12.1 Å². The average molecular weight is 299 g/mol. The van der Waals surface area contributed by atoms with Crippen LogP contribution < -0.4 is 10.6 Å². The van der Waals surface area contributed by atoms with E-state index >= 15 is 0 Å². The first-order valence-corrected chi connectivity index (χ1v) is 6.85. The number of carbonyl (C=O) groups is 1. The first-order valence-electron chi connectivity index (χ1n) is 6.85. The van der Waals surface area contributed by atoms with Crippen molar-refractivity contribution in [2.75, 3.05) is 19.0 Å². The van der Waals surface area contributed by atoms with Gasteiger partial charge in [0.25, 0.3) is 0 Å². The van der Waals surface area contributed by atoms with Crippen molar-refractivity contribution >= 4 is 23.0 Å². The molecular formula is C17H18FN3O. The normalized spacial score (nSPS) is 11.3. The number of anilines is 1. The van der Waals surface area contributed by atoms with Crippen molar-refractivity contribution in [2.24, 2.45) is 10.7 Å². The maximum absolute atomic E-state index is 12.8. The van der Waals surface area contributed by atoms with E-state index in [1.165, 1.54) is 24.3 Å². The van der Waals surface area contributed by atoms with Gasteiger partial charge in [-0.25, -0.2) is 9.38 Å². The molecule has 0 amide bonds. The van der Waals surface area contributed by atoms with E-state index in [4.69, 9.17) is 5.73 Å². The summed E-state index contributed by atoms with van der Waals surface area (Å²) >= 11 is 0. The Morgan fingerprint density at radius 2 is 1.68 bits per heavy atom. The summed E-state index contributed by atoms with van der Waals surface area (Å²) in [6.45, 7) is 0. The highest BCUT2D eigenvalue weighted by Crippen LogP contribution is 2.18. The van der Waals surface area contributed by atoms with Gasteiger partial charge in [-0.1, -0.05) is 0 Å². The Kier molecular flexibility index (Phi) is 4.88. The maximum atomic E-state index is 12.8. The van der Waals surface area contributed by atoms with Crippen LogP contribution in [0.3, 0.4) is 0 Å². The molecule has 0 aromatic heterocycles. The van der Waals surface area contributed by atoms with Crippen molar-refractivity contribution in [1.29, 1.82) is 0 Å². The van der Waals surface area contributed by atoms with E-state index in [1.807, 2.05) is 43.3 Å². The minimum absolute atomic E-state index is 0.00106. The number of rotatable bonds is 5. The summed E-state index contributed by atoms with van der Waals surface area (Å²) in [5.41, 5.74) is 7.98. The fourth-order valence-corrected chi connectivity index (χ4v) is 1.93. The van der Waals surface area contributed by atoms with E-state index in [0.717, 1.165) is 5.69 Å². The Labute approximate surface area is 129 Å². The smallest absolute Gasteiger partial charge is 0.170 e. The molecule has 22 heavy (non-hydrogen) atoms. The largest absolute Gasteiger partial charge is 0.387 e. The molecule has 0 saturated heterocycles. The second-order valence-corrected chi connectivity index (χ2v) is 5.12. The molecule has 4 nitrogen and oxygen atoms in total. The minimum atomic E-state index is -0.376. The molecule has 2 aromatic carbocycles. The third-order valence-electron chi connectivity index (χ3n) is 3.15. The molecule has 5 heteroatoms. The van der Waals surface area contributed by atoms with Gasteiger partial charge in [0.15, 0.2) is 5.78 Å². The molecule has 0 aliphatic rings. The van der Waals surface area contributed by atoms with Crippen molar-refractivity contribution in [1.82, 2.24) is 0 Å². The number of benzene rings is 2. The van der Waals surface area contributed by atoms with E-state index in [2.05, 4.69) is 4.99 Å². The van der Waals surface area contributed by atoms with Crippen LogP contribution in [0.1, 0.15) is 16.8 Å². The Balaban J connectivity index is 2.05. The molecule has 0 heterocycles. The molecule has 0 bridgehead atoms. The van der Waals surface area contributed by atoms with E-state index in [0.29, 0.717) is 11.3 Å². The molecule has 114 valence electrons. The van der Waals surface area contributed by atoms with Crippen LogP contribution in [0.15, 0.2) is 53.5 Å².